The highest BCUT2D eigenvalue weighted by Gasteiger charge is 2.35. The average Bonchev–Trinajstić information content (AvgIpc) is 2.37. The van der Waals surface area contributed by atoms with Crippen molar-refractivity contribution in [3.63, 3.8) is 0 Å². The lowest BCUT2D eigenvalue weighted by molar-refractivity contribution is 0.178. The lowest BCUT2D eigenvalue weighted by atomic mass is 10.1. The summed E-state index contributed by atoms with van der Waals surface area (Å²) >= 11 is 0. The summed E-state index contributed by atoms with van der Waals surface area (Å²) in [6.45, 7) is 6.28. The van der Waals surface area contributed by atoms with Crippen LogP contribution in [0.25, 0.3) is 0 Å². The maximum atomic E-state index is 12.7. The van der Waals surface area contributed by atoms with Crippen molar-refractivity contribution in [2.75, 3.05) is 6.54 Å². The molecule has 2 N–H and O–H groups in total. The van der Waals surface area contributed by atoms with Crippen molar-refractivity contribution in [1.82, 2.24) is 5.32 Å². The van der Waals surface area contributed by atoms with Gasteiger partial charge in [-0.1, -0.05) is 24.1 Å². The van der Waals surface area contributed by atoms with Crippen LogP contribution in [0.15, 0.2) is 17.0 Å². The van der Waals surface area contributed by atoms with Crippen molar-refractivity contribution in [2.24, 2.45) is 0 Å². The van der Waals surface area contributed by atoms with Gasteiger partial charge in [0.1, 0.15) is 0 Å². The predicted molar refractivity (Wildman–Crippen MR) is 79.5 cm³/mol. The fraction of sp³-hybridized carbons (Fsp3) is 0.600. The highest BCUT2D eigenvalue weighted by atomic mass is 32.2. The molecule has 0 radical (unpaired) electrons. The minimum absolute atomic E-state index is 0.281. The Kier molecular flexibility index (Phi) is 4.52. The quantitative estimate of drug-likeness (QED) is 0.893. The summed E-state index contributed by atoms with van der Waals surface area (Å²) in [5, 5.41) is 13.4. The lowest BCUT2D eigenvalue weighted by Gasteiger charge is -2.28. The van der Waals surface area contributed by atoms with Gasteiger partial charge in [0, 0.05) is 6.04 Å². The number of hydrogen-bond acceptors (Lipinski definition) is 4. The first kappa shape index (κ1) is 15.5. The van der Waals surface area contributed by atoms with Crippen molar-refractivity contribution >= 4 is 9.84 Å². The van der Waals surface area contributed by atoms with Gasteiger partial charge in [-0.2, -0.15) is 0 Å². The minimum Gasteiger partial charge on any atom is -0.375 e. The van der Waals surface area contributed by atoms with Gasteiger partial charge in [-0.3, -0.25) is 0 Å². The Labute approximate surface area is 121 Å². The Morgan fingerprint density at radius 1 is 1.20 bits per heavy atom. The van der Waals surface area contributed by atoms with E-state index in [9.17, 15) is 13.5 Å². The third kappa shape index (κ3) is 2.90. The molecular weight excluding hydrogens is 274 g/mol. The Hall–Kier alpha value is -0.910. The SMILES string of the molecule is Cc1cc(C)c(S(=O)(=O)C(O)C2CCCCN2)c(C)c1. The standard InChI is InChI=1S/C15H23NO3S/c1-10-8-11(2)14(12(3)9-10)20(18,19)15(17)13-6-4-5-7-16-13/h8-9,13,15-17H,4-7H2,1-3H3. The molecule has 0 aromatic heterocycles. The van der Waals surface area contributed by atoms with Crippen molar-refractivity contribution in [3.05, 3.63) is 28.8 Å². The van der Waals surface area contributed by atoms with Gasteiger partial charge in [0.25, 0.3) is 0 Å². The monoisotopic (exact) mass is 297 g/mol. The number of aliphatic hydroxyl groups is 1. The Bertz CT molecular complexity index is 566. The van der Waals surface area contributed by atoms with Crippen LogP contribution in [0.4, 0.5) is 0 Å². The second-order valence-electron chi connectivity index (χ2n) is 5.72. The van der Waals surface area contributed by atoms with Gasteiger partial charge in [-0.15, -0.1) is 0 Å². The zero-order chi connectivity index (χ0) is 14.9. The van der Waals surface area contributed by atoms with Crippen molar-refractivity contribution in [2.45, 2.75) is 56.4 Å². The van der Waals surface area contributed by atoms with E-state index in [1.54, 1.807) is 13.8 Å². The van der Waals surface area contributed by atoms with Gasteiger partial charge in [0.2, 0.25) is 9.84 Å². The third-order valence-electron chi connectivity index (χ3n) is 3.90. The summed E-state index contributed by atoms with van der Waals surface area (Å²) in [5.41, 5.74) is 1.07. The molecule has 1 aliphatic heterocycles. The van der Waals surface area contributed by atoms with Crippen LogP contribution in [0, 0.1) is 20.8 Å². The van der Waals surface area contributed by atoms with Crippen LogP contribution in [0.3, 0.4) is 0 Å². The topological polar surface area (TPSA) is 66.4 Å². The number of piperidine rings is 1. The maximum absolute atomic E-state index is 12.7. The first-order valence-electron chi connectivity index (χ1n) is 7.07. The molecule has 1 fully saturated rings. The number of rotatable bonds is 3. The first-order chi connectivity index (χ1) is 9.34. The Morgan fingerprint density at radius 3 is 2.30 bits per heavy atom. The maximum Gasteiger partial charge on any atom is 0.207 e. The van der Waals surface area contributed by atoms with Crippen LogP contribution < -0.4 is 5.32 Å². The number of hydrogen-bond donors (Lipinski definition) is 2. The van der Waals surface area contributed by atoms with E-state index in [-0.39, 0.29) is 10.9 Å². The van der Waals surface area contributed by atoms with E-state index in [1.165, 1.54) is 0 Å². The number of aryl methyl sites for hydroxylation is 3. The van der Waals surface area contributed by atoms with E-state index < -0.39 is 15.3 Å². The number of sulfone groups is 1. The summed E-state index contributed by atoms with van der Waals surface area (Å²) in [7, 11) is -3.72. The van der Waals surface area contributed by atoms with Crippen LogP contribution in [-0.2, 0) is 9.84 Å². The van der Waals surface area contributed by atoms with Gasteiger partial charge in [0.15, 0.2) is 5.44 Å². The first-order valence-corrected chi connectivity index (χ1v) is 8.62. The number of aliphatic hydroxyl groups excluding tert-OH is 1. The molecule has 0 aliphatic carbocycles. The van der Waals surface area contributed by atoms with Crippen LogP contribution >= 0.6 is 0 Å². The molecule has 1 saturated heterocycles. The lowest BCUT2D eigenvalue weighted by Crippen LogP contribution is -2.47. The molecule has 1 aromatic carbocycles. The number of nitrogens with one attached hydrogen (secondary N) is 1. The summed E-state index contributed by atoms with van der Waals surface area (Å²) in [6.07, 6.45) is 2.69. The van der Waals surface area contributed by atoms with Crippen LogP contribution in [-0.4, -0.2) is 31.5 Å². The van der Waals surface area contributed by atoms with Gasteiger partial charge in [-0.05, 0) is 51.3 Å². The molecule has 0 amide bonds. The van der Waals surface area contributed by atoms with Gasteiger partial charge < -0.3 is 10.4 Å². The molecule has 112 valence electrons. The zero-order valence-electron chi connectivity index (χ0n) is 12.3. The molecule has 1 aliphatic rings. The predicted octanol–water partition coefficient (Wildman–Crippen LogP) is 1.85. The van der Waals surface area contributed by atoms with E-state index in [4.69, 9.17) is 0 Å². The largest absolute Gasteiger partial charge is 0.375 e. The molecule has 4 nitrogen and oxygen atoms in total. The van der Waals surface area contributed by atoms with E-state index in [2.05, 4.69) is 5.32 Å². The summed E-state index contributed by atoms with van der Waals surface area (Å²) in [4.78, 5) is 0.281. The molecule has 1 aromatic rings. The second kappa shape index (κ2) is 5.84. The summed E-state index contributed by atoms with van der Waals surface area (Å²) < 4.78 is 25.4. The second-order valence-corrected chi connectivity index (χ2v) is 7.70. The molecule has 2 atom stereocenters. The van der Waals surface area contributed by atoms with Gasteiger partial charge >= 0.3 is 0 Å². The number of benzene rings is 1. The van der Waals surface area contributed by atoms with Crippen molar-refractivity contribution in [1.29, 1.82) is 0 Å². The van der Waals surface area contributed by atoms with E-state index >= 15 is 0 Å². The van der Waals surface area contributed by atoms with Gasteiger partial charge in [-0.25, -0.2) is 8.42 Å². The molecule has 0 spiro atoms. The van der Waals surface area contributed by atoms with Crippen molar-refractivity contribution in [3.8, 4) is 0 Å². The third-order valence-corrected chi connectivity index (χ3v) is 6.08. The smallest absolute Gasteiger partial charge is 0.207 e. The fourth-order valence-corrected chi connectivity index (χ4v) is 5.00. The summed E-state index contributed by atoms with van der Waals surface area (Å²) in [6, 6.07) is 3.33. The molecule has 20 heavy (non-hydrogen) atoms. The van der Waals surface area contributed by atoms with E-state index in [0.717, 1.165) is 24.9 Å². The van der Waals surface area contributed by atoms with E-state index in [1.807, 2.05) is 19.1 Å². The molecule has 0 bridgehead atoms. The average molecular weight is 297 g/mol. The van der Waals surface area contributed by atoms with Crippen LogP contribution in [0.2, 0.25) is 0 Å². The summed E-state index contributed by atoms with van der Waals surface area (Å²) in [5.74, 6) is 0. The zero-order valence-corrected chi connectivity index (χ0v) is 13.1. The normalized spacial score (nSPS) is 21.7. The fourth-order valence-electron chi connectivity index (χ4n) is 3.07. The molecule has 5 heteroatoms. The van der Waals surface area contributed by atoms with Crippen molar-refractivity contribution < 1.29 is 13.5 Å². The molecule has 1 heterocycles. The van der Waals surface area contributed by atoms with E-state index in [0.29, 0.717) is 17.5 Å². The highest BCUT2D eigenvalue weighted by Crippen LogP contribution is 2.27. The van der Waals surface area contributed by atoms with Gasteiger partial charge in [0.05, 0.1) is 4.90 Å². The Morgan fingerprint density at radius 2 is 1.80 bits per heavy atom. The highest BCUT2D eigenvalue weighted by molar-refractivity contribution is 7.92. The van der Waals surface area contributed by atoms with Crippen LogP contribution in [0.5, 0.6) is 0 Å². The molecule has 2 rings (SSSR count). The Balaban J connectivity index is 2.39. The minimum atomic E-state index is -3.72. The molecular formula is C15H23NO3S. The molecule has 2 unspecified atom stereocenters. The molecule has 0 saturated carbocycles. The van der Waals surface area contributed by atoms with Crippen LogP contribution in [0.1, 0.15) is 36.0 Å².